The van der Waals surface area contributed by atoms with Gasteiger partial charge in [-0.2, -0.15) is 4.31 Å². The van der Waals surface area contributed by atoms with E-state index in [1.54, 1.807) is 43.0 Å². The van der Waals surface area contributed by atoms with Crippen LogP contribution in [0.5, 0.6) is 0 Å². The van der Waals surface area contributed by atoms with Gasteiger partial charge >= 0.3 is 0 Å². The molecule has 0 atom stereocenters. The summed E-state index contributed by atoms with van der Waals surface area (Å²) in [5, 5.41) is 3.71. The second-order valence-corrected chi connectivity index (χ2v) is 7.81. The van der Waals surface area contributed by atoms with Crippen molar-refractivity contribution >= 4 is 21.6 Å². The van der Waals surface area contributed by atoms with Crippen LogP contribution in [-0.2, 0) is 10.0 Å². The zero-order valence-electron chi connectivity index (χ0n) is 14.1. The number of piperazine rings is 1. The summed E-state index contributed by atoms with van der Waals surface area (Å²) in [4.78, 5) is 14.3. The number of aryl methyl sites for hydroxylation is 2. The van der Waals surface area contributed by atoms with Crippen LogP contribution in [-0.4, -0.2) is 54.9 Å². The number of amides is 1. The van der Waals surface area contributed by atoms with Gasteiger partial charge in [0.15, 0.2) is 5.76 Å². The average molecular weight is 364 g/mol. The van der Waals surface area contributed by atoms with Crippen LogP contribution in [0.3, 0.4) is 0 Å². The van der Waals surface area contributed by atoms with Gasteiger partial charge in [0, 0.05) is 31.9 Å². The van der Waals surface area contributed by atoms with Crippen molar-refractivity contribution in [3.63, 3.8) is 0 Å². The number of hydrogen-bond donors (Lipinski definition) is 1. The number of nitrogens with zero attached hydrogens (tertiary/aromatic N) is 3. The fourth-order valence-electron chi connectivity index (χ4n) is 2.97. The van der Waals surface area contributed by atoms with E-state index >= 15 is 0 Å². The summed E-state index contributed by atoms with van der Waals surface area (Å²) in [6.45, 7) is 4.20. The van der Waals surface area contributed by atoms with Crippen LogP contribution in [0.1, 0.15) is 21.8 Å². The first-order chi connectivity index (χ1) is 11.8. The number of rotatable bonds is 3. The minimum atomic E-state index is -3.69. The number of nitrogens with two attached hydrogens (primary N) is 1. The van der Waals surface area contributed by atoms with Gasteiger partial charge in [0.2, 0.25) is 10.0 Å². The van der Waals surface area contributed by atoms with Crippen molar-refractivity contribution in [2.24, 2.45) is 0 Å². The Kier molecular flexibility index (Phi) is 4.53. The molecule has 1 aliphatic rings. The molecule has 0 saturated carbocycles. The molecule has 2 aromatic rings. The molecule has 0 bridgehead atoms. The Balaban J connectivity index is 1.74. The maximum atomic E-state index is 12.8. The highest BCUT2D eigenvalue weighted by Crippen LogP contribution is 2.24. The zero-order chi connectivity index (χ0) is 18.2. The van der Waals surface area contributed by atoms with E-state index in [2.05, 4.69) is 5.16 Å². The zero-order valence-corrected chi connectivity index (χ0v) is 14.9. The Bertz CT molecular complexity index is 879. The maximum absolute atomic E-state index is 12.8. The summed E-state index contributed by atoms with van der Waals surface area (Å²) in [5.74, 6) is 0.0838. The van der Waals surface area contributed by atoms with E-state index in [0.717, 1.165) is 0 Å². The molecule has 0 spiro atoms. The highest BCUT2D eigenvalue weighted by Gasteiger charge is 2.34. The number of benzene rings is 1. The van der Waals surface area contributed by atoms with Crippen molar-refractivity contribution in [1.29, 1.82) is 0 Å². The minimum Gasteiger partial charge on any atom is -0.398 e. The quantitative estimate of drug-likeness (QED) is 0.814. The van der Waals surface area contributed by atoms with Gasteiger partial charge in [-0.15, -0.1) is 0 Å². The fourth-order valence-corrected chi connectivity index (χ4v) is 4.68. The normalized spacial score (nSPS) is 16.2. The fraction of sp³-hybridized carbons (Fsp3) is 0.375. The van der Waals surface area contributed by atoms with Crippen molar-refractivity contribution in [3.05, 3.63) is 41.3 Å². The molecular formula is C16H20N4O4S. The van der Waals surface area contributed by atoms with Crippen LogP contribution in [0.25, 0.3) is 0 Å². The van der Waals surface area contributed by atoms with Crippen LogP contribution in [0.4, 0.5) is 5.69 Å². The first-order valence-corrected chi connectivity index (χ1v) is 9.33. The minimum absolute atomic E-state index is 0.111. The molecule has 1 aliphatic heterocycles. The first kappa shape index (κ1) is 17.4. The predicted molar refractivity (Wildman–Crippen MR) is 91.5 cm³/mol. The average Bonchev–Trinajstić information content (AvgIpc) is 2.94. The molecule has 1 aromatic carbocycles. The summed E-state index contributed by atoms with van der Waals surface area (Å²) in [5.41, 5.74) is 7.04. The van der Waals surface area contributed by atoms with Crippen LogP contribution < -0.4 is 5.73 Å². The van der Waals surface area contributed by atoms with E-state index in [0.29, 0.717) is 30.0 Å². The first-order valence-electron chi connectivity index (χ1n) is 7.89. The topological polar surface area (TPSA) is 110 Å². The van der Waals surface area contributed by atoms with Crippen molar-refractivity contribution in [3.8, 4) is 0 Å². The van der Waals surface area contributed by atoms with Crippen molar-refractivity contribution in [1.82, 2.24) is 14.4 Å². The summed E-state index contributed by atoms with van der Waals surface area (Å²) in [6.07, 6.45) is 0. The van der Waals surface area contributed by atoms with E-state index in [1.165, 1.54) is 4.31 Å². The Labute approximate surface area is 146 Å². The third kappa shape index (κ3) is 3.12. The van der Waals surface area contributed by atoms with Gasteiger partial charge in [0.05, 0.1) is 5.56 Å². The summed E-state index contributed by atoms with van der Waals surface area (Å²) in [7, 11) is -3.69. The van der Waals surface area contributed by atoms with Crippen LogP contribution in [0.2, 0.25) is 0 Å². The van der Waals surface area contributed by atoms with E-state index in [1.807, 2.05) is 0 Å². The van der Waals surface area contributed by atoms with Gasteiger partial charge in [-0.1, -0.05) is 17.3 Å². The number of carbonyl (C=O) groups is 1. The van der Waals surface area contributed by atoms with Crippen LogP contribution in [0.15, 0.2) is 33.7 Å². The molecule has 134 valence electrons. The van der Waals surface area contributed by atoms with Crippen molar-refractivity contribution < 1.29 is 17.7 Å². The molecule has 1 saturated heterocycles. The Hall–Kier alpha value is -2.39. The lowest BCUT2D eigenvalue weighted by atomic mass is 10.1. The smallest absolute Gasteiger partial charge is 0.256 e. The van der Waals surface area contributed by atoms with Crippen molar-refractivity contribution in [2.45, 2.75) is 18.7 Å². The molecule has 1 aromatic heterocycles. The van der Waals surface area contributed by atoms with E-state index in [-0.39, 0.29) is 29.7 Å². The number of anilines is 1. The lowest BCUT2D eigenvalue weighted by Crippen LogP contribution is -2.50. The molecule has 1 fully saturated rings. The molecule has 1 amide bonds. The van der Waals surface area contributed by atoms with E-state index in [9.17, 15) is 13.2 Å². The molecule has 0 radical (unpaired) electrons. The second-order valence-electron chi connectivity index (χ2n) is 5.94. The number of para-hydroxylation sites is 1. The lowest BCUT2D eigenvalue weighted by molar-refractivity contribution is 0.0699. The largest absolute Gasteiger partial charge is 0.398 e. The molecular weight excluding hydrogens is 344 g/mol. The lowest BCUT2D eigenvalue weighted by Gasteiger charge is -2.34. The van der Waals surface area contributed by atoms with Crippen molar-refractivity contribution in [2.75, 3.05) is 31.9 Å². The second kappa shape index (κ2) is 6.49. The van der Waals surface area contributed by atoms with Gasteiger partial charge in [-0.05, 0) is 26.0 Å². The predicted octanol–water partition coefficient (Wildman–Crippen LogP) is 1.02. The number of sulfonamides is 1. The van der Waals surface area contributed by atoms with Gasteiger partial charge in [-0.25, -0.2) is 8.42 Å². The number of carbonyl (C=O) groups excluding carboxylic acids is 1. The molecule has 0 aliphatic carbocycles. The standard InChI is InChI=1S/C16H20N4O4S/c1-11-15(12(2)24-18-11)25(22,23)20-9-7-19(8-10-20)16(21)13-5-3-4-6-14(13)17/h3-6H,7-10,17H2,1-2H3. The SMILES string of the molecule is Cc1noc(C)c1S(=O)(=O)N1CCN(C(=O)c2ccccc2N)CC1. The van der Waals surface area contributed by atoms with Gasteiger partial charge in [0.25, 0.3) is 5.91 Å². The molecule has 2 N–H and O–H groups in total. The summed E-state index contributed by atoms with van der Waals surface area (Å²) in [6, 6.07) is 6.86. The number of nitrogen functional groups attached to an aromatic ring is 1. The Morgan fingerprint density at radius 3 is 2.36 bits per heavy atom. The molecule has 3 rings (SSSR count). The number of hydrogen-bond acceptors (Lipinski definition) is 6. The highest BCUT2D eigenvalue weighted by atomic mass is 32.2. The third-order valence-electron chi connectivity index (χ3n) is 4.28. The molecule has 25 heavy (non-hydrogen) atoms. The van der Waals surface area contributed by atoms with Gasteiger partial charge in [-0.3, -0.25) is 4.79 Å². The van der Waals surface area contributed by atoms with Crippen LogP contribution in [0, 0.1) is 13.8 Å². The third-order valence-corrected chi connectivity index (χ3v) is 6.43. The van der Waals surface area contributed by atoms with Gasteiger partial charge < -0.3 is 15.2 Å². The molecule has 2 heterocycles. The van der Waals surface area contributed by atoms with Gasteiger partial charge in [0.1, 0.15) is 10.6 Å². The van der Waals surface area contributed by atoms with Crippen LogP contribution >= 0.6 is 0 Å². The molecule has 0 unspecified atom stereocenters. The van der Waals surface area contributed by atoms with E-state index in [4.69, 9.17) is 10.3 Å². The Morgan fingerprint density at radius 1 is 1.16 bits per heavy atom. The highest BCUT2D eigenvalue weighted by molar-refractivity contribution is 7.89. The monoisotopic (exact) mass is 364 g/mol. The number of aromatic nitrogens is 1. The molecule has 9 heteroatoms. The van der Waals surface area contributed by atoms with E-state index < -0.39 is 10.0 Å². The summed E-state index contributed by atoms with van der Waals surface area (Å²) < 4.78 is 31.9. The maximum Gasteiger partial charge on any atom is 0.256 e. The summed E-state index contributed by atoms with van der Waals surface area (Å²) >= 11 is 0. The molecule has 8 nitrogen and oxygen atoms in total. The Morgan fingerprint density at radius 2 is 1.80 bits per heavy atom.